The first-order valence-electron chi connectivity index (χ1n) is 15.9. The molecular formula is C32H41N9O3. The summed E-state index contributed by atoms with van der Waals surface area (Å²) in [4.78, 5) is 34.3. The van der Waals surface area contributed by atoms with Crippen molar-refractivity contribution in [3.63, 3.8) is 0 Å². The Morgan fingerprint density at radius 3 is 2.52 bits per heavy atom. The number of aromatic nitrogens is 6. The molecule has 44 heavy (non-hydrogen) atoms. The van der Waals surface area contributed by atoms with E-state index in [9.17, 15) is 4.79 Å². The monoisotopic (exact) mass is 599 g/mol. The molecule has 12 heteroatoms. The molecule has 0 N–H and O–H groups in total. The molecule has 6 heterocycles. The molecule has 232 valence electrons. The maximum Gasteiger partial charge on any atom is 0.242 e. The van der Waals surface area contributed by atoms with E-state index in [0.29, 0.717) is 25.5 Å². The highest BCUT2D eigenvalue weighted by molar-refractivity contribution is 5.89. The van der Waals surface area contributed by atoms with Crippen molar-refractivity contribution in [3.8, 4) is 22.6 Å². The van der Waals surface area contributed by atoms with Gasteiger partial charge in [-0.1, -0.05) is 18.2 Å². The average Bonchev–Trinajstić information content (AvgIpc) is 3.66. The molecule has 3 aromatic heterocycles. The van der Waals surface area contributed by atoms with Crippen molar-refractivity contribution < 1.29 is 14.3 Å². The van der Waals surface area contributed by atoms with Crippen molar-refractivity contribution in [1.29, 1.82) is 0 Å². The number of piperidine rings is 1. The number of aryl methyl sites for hydroxylation is 2. The maximum atomic E-state index is 12.7. The second-order valence-electron chi connectivity index (χ2n) is 12.0. The van der Waals surface area contributed by atoms with Crippen LogP contribution < -0.4 is 9.80 Å². The summed E-state index contributed by atoms with van der Waals surface area (Å²) >= 11 is 0. The number of benzene rings is 1. The fourth-order valence-electron chi connectivity index (χ4n) is 6.41. The van der Waals surface area contributed by atoms with Crippen molar-refractivity contribution in [3.05, 3.63) is 36.5 Å². The largest absolute Gasteiger partial charge is 0.354 e. The Balaban J connectivity index is 1.26. The van der Waals surface area contributed by atoms with Crippen molar-refractivity contribution in [2.45, 2.75) is 58.0 Å². The first-order chi connectivity index (χ1) is 21.5. The molecule has 0 radical (unpaired) electrons. The number of piperazine rings is 1. The summed E-state index contributed by atoms with van der Waals surface area (Å²) in [7, 11) is 3.77. The summed E-state index contributed by atoms with van der Waals surface area (Å²) in [6.07, 6.45) is 7.06. The minimum Gasteiger partial charge on any atom is -0.354 e. The second-order valence-corrected chi connectivity index (χ2v) is 12.0. The smallest absolute Gasteiger partial charge is 0.242 e. The van der Waals surface area contributed by atoms with Crippen LogP contribution in [0.3, 0.4) is 0 Å². The van der Waals surface area contributed by atoms with Gasteiger partial charge in [-0.25, -0.2) is 15.0 Å². The van der Waals surface area contributed by atoms with Gasteiger partial charge in [0.1, 0.15) is 0 Å². The molecule has 0 saturated carbocycles. The van der Waals surface area contributed by atoms with Gasteiger partial charge in [-0.2, -0.15) is 5.10 Å². The maximum absolute atomic E-state index is 12.7. The molecule has 1 amide bonds. The van der Waals surface area contributed by atoms with Crippen LogP contribution in [0.1, 0.15) is 39.0 Å². The Morgan fingerprint density at radius 1 is 0.955 bits per heavy atom. The zero-order valence-electron chi connectivity index (χ0n) is 25.9. The summed E-state index contributed by atoms with van der Waals surface area (Å²) in [6.45, 7) is 6.85. The molecule has 1 unspecified atom stereocenters. The lowest BCUT2D eigenvalue weighted by Gasteiger charge is -2.35. The van der Waals surface area contributed by atoms with Crippen LogP contribution in [0.4, 0.5) is 11.8 Å². The third-order valence-electron chi connectivity index (χ3n) is 8.97. The number of hydrogen-bond acceptors (Lipinski definition) is 9. The van der Waals surface area contributed by atoms with Crippen LogP contribution in [0.5, 0.6) is 0 Å². The van der Waals surface area contributed by atoms with Gasteiger partial charge in [0.25, 0.3) is 0 Å². The first kappa shape index (κ1) is 28.7. The summed E-state index contributed by atoms with van der Waals surface area (Å²) in [5.41, 5.74) is 4.39. The zero-order chi connectivity index (χ0) is 30.2. The van der Waals surface area contributed by atoms with Gasteiger partial charge in [-0.3, -0.25) is 14.0 Å². The van der Waals surface area contributed by atoms with Crippen LogP contribution in [0.25, 0.3) is 33.8 Å². The Bertz CT molecular complexity index is 1640. The Kier molecular flexibility index (Phi) is 7.94. The van der Waals surface area contributed by atoms with E-state index in [2.05, 4.69) is 38.5 Å². The van der Waals surface area contributed by atoms with E-state index in [1.807, 2.05) is 38.5 Å². The van der Waals surface area contributed by atoms with E-state index >= 15 is 0 Å². The van der Waals surface area contributed by atoms with Crippen LogP contribution in [-0.2, 0) is 27.9 Å². The van der Waals surface area contributed by atoms with Gasteiger partial charge in [-0.15, -0.1) is 0 Å². The molecule has 3 aliphatic rings. The number of likely N-dealkylation sites (N-methyl/N-ethyl adjacent to an activating group) is 1. The standard InChI is InChI=1S/C32H41N9O3/c1-4-41-31-28(33-32(41)40-18-17-37(2)26(42)21-40)30(39-15-11-24(12-16-39)44-27-10-5-6-19-43-27)34-29(35-31)23-9-7-8-22(20-23)25-13-14-38(3)36-25/h7-9,13-14,20,24,27H,4-6,10-12,15-19,21H2,1-3H3. The Labute approximate surface area is 257 Å². The molecule has 7 rings (SSSR count). The molecule has 0 bridgehead atoms. The van der Waals surface area contributed by atoms with Gasteiger partial charge in [0.15, 0.2) is 29.1 Å². The van der Waals surface area contributed by atoms with Crippen LogP contribution in [0, 0.1) is 0 Å². The molecule has 1 aromatic carbocycles. The Hall–Kier alpha value is -4.03. The molecule has 0 spiro atoms. The van der Waals surface area contributed by atoms with Crippen molar-refractivity contribution >= 4 is 28.8 Å². The number of carbonyl (C=O) groups is 1. The number of amides is 1. The van der Waals surface area contributed by atoms with Gasteiger partial charge in [-0.05, 0) is 51.2 Å². The molecule has 3 aliphatic heterocycles. The van der Waals surface area contributed by atoms with Gasteiger partial charge in [0.2, 0.25) is 11.9 Å². The third-order valence-corrected chi connectivity index (χ3v) is 8.97. The third kappa shape index (κ3) is 5.63. The number of ether oxygens (including phenoxy) is 2. The average molecular weight is 600 g/mol. The minimum absolute atomic E-state index is 0.0850. The topological polar surface area (TPSA) is 107 Å². The lowest BCUT2D eigenvalue weighted by Crippen LogP contribution is -2.49. The highest BCUT2D eigenvalue weighted by Crippen LogP contribution is 2.34. The van der Waals surface area contributed by atoms with Crippen LogP contribution in [0.15, 0.2) is 36.5 Å². The summed E-state index contributed by atoms with van der Waals surface area (Å²) in [5.74, 6) is 2.34. The van der Waals surface area contributed by atoms with Gasteiger partial charge in [0.05, 0.1) is 18.3 Å². The normalized spacial score (nSPS) is 20.2. The number of fused-ring (bicyclic) bond motifs is 1. The van der Waals surface area contributed by atoms with Crippen LogP contribution in [0.2, 0.25) is 0 Å². The fourth-order valence-corrected chi connectivity index (χ4v) is 6.41. The van der Waals surface area contributed by atoms with Crippen LogP contribution in [-0.4, -0.2) is 98.9 Å². The van der Waals surface area contributed by atoms with Gasteiger partial charge < -0.3 is 24.2 Å². The van der Waals surface area contributed by atoms with E-state index in [1.165, 1.54) is 0 Å². The number of rotatable bonds is 7. The van der Waals surface area contributed by atoms with E-state index in [1.54, 1.807) is 9.58 Å². The van der Waals surface area contributed by atoms with E-state index in [0.717, 1.165) is 98.1 Å². The first-order valence-corrected chi connectivity index (χ1v) is 15.9. The van der Waals surface area contributed by atoms with E-state index in [4.69, 9.17) is 24.4 Å². The molecule has 12 nitrogen and oxygen atoms in total. The van der Waals surface area contributed by atoms with Crippen molar-refractivity contribution in [2.24, 2.45) is 7.05 Å². The highest BCUT2D eigenvalue weighted by Gasteiger charge is 2.31. The van der Waals surface area contributed by atoms with E-state index < -0.39 is 0 Å². The molecule has 4 aromatic rings. The lowest BCUT2D eigenvalue weighted by molar-refractivity contribution is -0.191. The second kappa shape index (κ2) is 12.2. The summed E-state index contributed by atoms with van der Waals surface area (Å²) in [6, 6.07) is 10.2. The minimum atomic E-state index is -0.0850. The highest BCUT2D eigenvalue weighted by atomic mass is 16.7. The zero-order valence-corrected chi connectivity index (χ0v) is 25.9. The van der Waals surface area contributed by atoms with Crippen molar-refractivity contribution in [2.75, 3.05) is 56.2 Å². The summed E-state index contributed by atoms with van der Waals surface area (Å²) < 4.78 is 16.1. The lowest BCUT2D eigenvalue weighted by atomic mass is 10.1. The summed E-state index contributed by atoms with van der Waals surface area (Å²) in [5, 5.41) is 4.60. The van der Waals surface area contributed by atoms with Crippen LogP contribution >= 0.6 is 0 Å². The van der Waals surface area contributed by atoms with Crippen molar-refractivity contribution in [1.82, 2.24) is 34.2 Å². The number of hydrogen-bond donors (Lipinski definition) is 0. The molecular weight excluding hydrogens is 558 g/mol. The number of carbonyl (C=O) groups excluding carboxylic acids is 1. The molecule has 0 aliphatic carbocycles. The van der Waals surface area contributed by atoms with Gasteiger partial charge in [0, 0.05) is 70.7 Å². The predicted molar refractivity (Wildman–Crippen MR) is 168 cm³/mol. The number of anilines is 2. The fraction of sp³-hybridized carbons (Fsp3) is 0.531. The Morgan fingerprint density at radius 2 is 1.80 bits per heavy atom. The number of imidazole rings is 1. The quantitative estimate of drug-likeness (QED) is 0.314. The molecule has 3 fully saturated rings. The molecule has 1 atom stereocenters. The molecule has 3 saturated heterocycles. The number of nitrogens with zero attached hydrogens (tertiary/aromatic N) is 9. The predicted octanol–water partition coefficient (Wildman–Crippen LogP) is 3.70. The SMILES string of the molecule is CCn1c(N2CCN(C)C(=O)C2)nc2c(N3CCC(OC4CCCCO4)CC3)nc(-c3cccc(-c4ccn(C)n4)c3)nc21. The van der Waals surface area contributed by atoms with Gasteiger partial charge >= 0.3 is 0 Å². The van der Waals surface area contributed by atoms with E-state index in [-0.39, 0.29) is 18.3 Å².